The van der Waals surface area contributed by atoms with Gasteiger partial charge in [0.2, 0.25) is 11.8 Å². The monoisotopic (exact) mass is 422 g/mol. The number of amides is 2. The highest BCUT2D eigenvalue weighted by atomic mass is 16.5. The van der Waals surface area contributed by atoms with E-state index in [2.05, 4.69) is 24.3 Å². The van der Waals surface area contributed by atoms with E-state index in [0.29, 0.717) is 13.0 Å². The van der Waals surface area contributed by atoms with Gasteiger partial charge in [-0.05, 0) is 48.1 Å². The van der Waals surface area contributed by atoms with E-state index in [1.54, 1.807) is 26.1 Å². The molecule has 0 radical (unpaired) electrons. The SMILES string of the molecule is COc1ccc(-c2ccc(CC3(C(=O)N(C)C)CCCN(C(=O)C(C)C)C3)cc2)cc1. The Morgan fingerprint density at radius 3 is 2.13 bits per heavy atom. The average Bonchev–Trinajstić information content (AvgIpc) is 2.78. The van der Waals surface area contributed by atoms with Crippen LogP contribution in [-0.2, 0) is 16.0 Å². The van der Waals surface area contributed by atoms with Crippen LogP contribution in [0.15, 0.2) is 48.5 Å². The number of piperidine rings is 1. The van der Waals surface area contributed by atoms with Crippen molar-refractivity contribution in [3.05, 3.63) is 54.1 Å². The Balaban J connectivity index is 1.84. The molecule has 5 nitrogen and oxygen atoms in total. The van der Waals surface area contributed by atoms with Gasteiger partial charge in [-0.25, -0.2) is 0 Å². The highest BCUT2D eigenvalue weighted by molar-refractivity contribution is 5.85. The first-order valence-corrected chi connectivity index (χ1v) is 11.0. The van der Waals surface area contributed by atoms with Crippen molar-refractivity contribution < 1.29 is 14.3 Å². The molecule has 0 aliphatic carbocycles. The Labute approximate surface area is 186 Å². The van der Waals surface area contributed by atoms with Crippen molar-refractivity contribution in [3.63, 3.8) is 0 Å². The van der Waals surface area contributed by atoms with Crippen molar-refractivity contribution in [2.45, 2.75) is 33.1 Å². The fourth-order valence-electron chi connectivity index (χ4n) is 4.54. The number of likely N-dealkylation sites (tertiary alicyclic amines) is 1. The van der Waals surface area contributed by atoms with E-state index in [-0.39, 0.29) is 17.7 Å². The van der Waals surface area contributed by atoms with Crippen LogP contribution in [0.3, 0.4) is 0 Å². The summed E-state index contributed by atoms with van der Waals surface area (Å²) in [5.41, 5.74) is 2.79. The third-order valence-corrected chi connectivity index (χ3v) is 6.16. The van der Waals surface area contributed by atoms with Crippen molar-refractivity contribution in [1.82, 2.24) is 9.80 Å². The zero-order valence-corrected chi connectivity index (χ0v) is 19.4. The Kier molecular flexibility index (Phi) is 7.04. The van der Waals surface area contributed by atoms with Gasteiger partial charge in [0, 0.05) is 33.1 Å². The van der Waals surface area contributed by atoms with E-state index >= 15 is 0 Å². The minimum Gasteiger partial charge on any atom is -0.497 e. The van der Waals surface area contributed by atoms with Crippen molar-refractivity contribution in [3.8, 4) is 16.9 Å². The van der Waals surface area contributed by atoms with Crippen LogP contribution in [0.2, 0.25) is 0 Å². The van der Waals surface area contributed by atoms with Gasteiger partial charge >= 0.3 is 0 Å². The van der Waals surface area contributed by atoms with Crippen LogP contribution in [-0.4, -0.2) is 55.9 Å². The second-order valence-electron chi connectivity index (χ2n) is 9.10. The molecule has 1 aliphatic rings. The number of benzene rings is 2. The molecule has 0 N–H and O–H groups in total. The highest BCUT2D eigenvalue weighted by Gasteiger charge is 2.44. The van der Waals surface area contributed by atoms with Crippen LogP contribution in [0.4, 0.5) is 0 Å². The molecular weight excluding hydrogens is 388 g/mol. The fourth-order valence-corrected chi connectivity index (χ4v) is 4.54. The molecule has 0 spiro atoms. The Morgan fingerprint density at radius 1 is 1.03 bits per heavy atom. The van der Waals surface area contributed by atoms with E-state index in [1.807, 2.05) is 43.0 Å². The zero-order chi connectivity index (χ0) is 22.6. The van der Waals surface area contributed by atoms with Crippen LogP contribution in [0.25, 0.3) is 11.1 Å². The summed E-state index contributed by atoms with van der Waals surface area (Å²) in [6.45, 7) is 5.06. The summed E-state index contributed by atoms with van der Waals surface area (Å²) < 4.78 is 5.24. The average molecular weight is 423 g/mol. The molecule has 1 saturated heterocycles. The Bertz CT molecular complexity index is 903. The van der Waals surface area contributed by atoms with Gasteiger partial charge in [-0.3, -0.25) is 9.59 Å². The number of nitrogens with zero attached hydrogens (tertiary/aromatic N) is 2. The lowest BCUT2D eigenvalue weighted by Gasteiger charge is -2.43. The molecule has 3 rings (SSSR count). The summed E-state index contributed by atoms with van der Waals surface area (Å²) in [7, 11) is 5.27. The maximum absolute atomic E-state index is 13.3. The molecule has 1 atom stereocenters. The molecule has 2 aromatic carbocycles. The van der Waals surface area contributed by atoms with E-state index in [0.717, 1.165) is 41.8 Å². The number of rotatable bonds is 6. The number of ether oxygens (including phenoxy) is 1. The van der Waals surface area contributed by atoms with Gasteiger partial charge in [0.1, 0.15) is 5.75 Å². The van der Waals surface area contributed by atoms with Gasteiger partial charge in [0.25, 0.3) is 0 Å². The van der Waals surface area contributed by atoms with Gasteiger partial charge in [-0.15, -0.1) is 0 Å². The lowest BCUT2D eigenvalue weighted by Crippen LogP contribution is -2.54. The molecule has 1 aliphatic heterocycles. The molecule has 0 bridgehead atoms. The summed E-state index contributed by atoms with van der Waals surface area (Å²) in [6, 6.07) is 16.4. The second-order valence-corrected chi connectivity index (χ2v) is 9.10. The number of carbonyl (C=O) groups is 2. The molecule has 0 aromatic heterocycles. The largest absolute Gasteiger partial charge is 0.497 e. The number of hydrogen-bond donors (Lipinski definition) is 0. The van der Waals surface area contributed by atoms with Crippen molar-refractivity contribution in [2.75, 3.05) is 34.3 Å². The van der Waals surface area contributed by atoms with E-state index in [4.69, 9.17) is 4.74 Å². The molecule has 2 amide bonds. The molecule has 1 fully saturated rings. The smallest absolute Gasteiger partial charge is 0.230 e. The zero-order valence-electron chi connectivity index (χ0n) is 19.4. The minimum atomic E-state index is -0.575. The first-order valence-electron chi connectivity index (χ1n) is 11.0. The summed E-state index contributed by atoms with van der Waals surface area (Å²) in [5.74, 6) is 1.01. The fraction of sp³-hybridized carbons (Fsp3) is 0.462. The van der Waals surface area contributed by atoms with Crippen LogP contribution in [0.5, 0.6) is 5.75 Å². The lowest BCUT2D eigenvalue weighted by atomic mass is 9.73. The van der Waals surface area contributed by atoms with E-state index in [1.165, 1.54) is 0 Å². The normalized spacial score (nSPS) is 18.7. The maximum atomic E-state index is 13.3. The third-order valence-electron chi connectivity index (χ3n) is 6.16. The van der Waals surface area contributed by atoms with Gasteiger partial charge in [-0.2, -0.15) is 0 Å². The lowest BCUT2D eigenvalue weighted by molar-refractivity contribution is -0.148. The molecule has 5 heteroatoms. The van der Waals surface area contributed by atoms with Crippen molar-refractivity contribution in [1.29, 1.82) is 0 Å². The van der Waals surface area contributed by atoms with Crippen LogP contribution >= 0.6 is 0 Å². The maximum Gasteiger partial charge on any atom is 0.230 e. The van der Waals surface area contributed by atoms with Gasteiger partial charge in [0.05, 0.1) is 12.5 Å². The predicted molar refractivity (Wildman–Crippen MR) is 124 cm³/mol. The standard InChI is InChI=1S/C26H34N2O3/c1-19(2)24(29)28-16-6-15-26(18-28,25(30)27(3)4)17-20-7-9-21(10-8-20)22-11-13-23(31-5)14-12-22/h7-14,19H,6,15-18H2,1-5H3. The van der Waals surface area contributed by atoms with Crippen LogP contribution in [0, 0.1) is 11.3 Å². The molecule has 0 saturated carbocycles. The molecule has 31 heavy (non-hydrogen) atoms. The minimum absolute atomic E-state index is 0.0611. The summed E-state index contributed by atoms with van der Waals surface area (Å²) >= 11 is 0. The van der Waals surface area contributed by atoms with Gasteiger partial charge in [0.15, 0.2) is 0 Å². The van der Waals surface area contributed by atoms with Crippen LogP contribution in [0.1, 0.15) is 32.3 Å². The van der Waals surface area contributed by atoms with Gasteiger partial charge in [-0.1, -0.05) is 50.2 Å². The van der Waals surface area contributed by atoms with Crippen molar-refractivity contribution >= 4 is 11.8 Å². The summed E-state index contributed by atoms with van der Waals surface area (Å²) in [4.78, 5) is 29.5. The molecular formula is C26H34N2O3. The summed E-state index contributed by atoms with van der Waals surface area (Å²) in [6.07, 6.45) is 2.28. The Morgan fingerprint density at radius 2 is 1.61 bits per heavy atom. The molecule has 1 unspecified atom stereocenters. The van der Waals surface area contributed by atoms with Crippen LogP contribution < -0.4 is 4.74 Å². The number of methoxy groups -OCH3 is 1. The van der Waals surface area contributed by atoms with Gasteiger partial charge < -0.3 is 14.5 Å². The number of carbonyl (C=O) groups excluding carboxylic acids is 2. The quantitative estimate of drug-likeness (QED) is 0.699. The first kappa shape index (κ1) is 22.9. The Hall–Kier alpha value is -2.82. The number of hydrogen-bond acceptors (Lipinski definition) is 3. The van der Waals surface area contributed by atoms with E-state index < -0.39 is 5.41 Å². The first-order chi connectivity index (χ1) is 14.8. The molecule has 2 aromatic rings. The molecule has 166 valence electrons. The second kappa shape index (κ2) is 9.54. The topological polar surface area (TPSA) is 49.9 Å². The third kappa shape index (κ3) is 5.09. The molecule has 1 heterocycles. The predicted octanol–water partition coefficient (Wildman–Crippen LogP) is 4.26. The van der Waals surface area contributed by atoms with Crippen molar-refractivity contribution in [2.24, 2.45) is 11.3 Å². The summed E-state index contributed by atoms with van der Waals surface area (Å²) in [5, 5.41) is 0. The highest BCUT2D eigenvalue weighted by Crippen LogP contribution is 2.36. The van der Waals surface area contributed by atoms with E-state index in [9.17, 15) is 9.59 Å².